The number of hydrogen-bond donors (Lipinski definition) is 0. The zero-order chi connectivity index (χ0) is 13.8. The van der Waals surface area contributed by atoms with Gasteiger partial charge >= 0.3 is 0 Å². The Morgan fingerprint density at radius 3 is 2.74 bits per heavy atom. The molecule has 0 N–H and O–H groups in total. The van der Waals surface area contributed by atoms with E-state index in [4.69, 9.17) is 4.42 Å². The minimum Gasteiger partial charge on any atom is -0.467 e. The SMILES string of the molecule is CCN(Cc1ccco1)c1nnc(C)c(C)c1C#N. The molecule has 5 nitrogen and oxygen atoms in total. The van der Waals surface area contributed by atoms with Crippen LogP contribution in [0.4, 0.5) is 5.82 Å². The highest BCUT2D eigenvalue weighted by Crippen LogP contribution is 2.22. The van der Waals surface area contributed by atoms with E-state index in [2.05, 4.69) is 16.3 Å². The van der Waals surface area contributed by atoms with Crippen molar-refractivity contribution in [3.63, 3.8) is 0 Å². The molecule has 0 atom stereocenters. The zero-order valence-corrected chi connectivity index (χ0v) is 11.3. The van der Waals surface area contributed by atoms with Crippen LogP contribution in [0, 0.1) is 25.2 Å². The molecule has 0 spiro atoms. The molecule has 0 amide bonds. The molecule has 5 heteroatoms. The summed E-state index contributed by atoms with van der Waals surface area (Å²) in [6, 6.07) is 5.98. The van der Waals surface area contributed by atoms with Gasteiger partial charge in [0.2, 0.25) is 0 Å². The number of nitrogens with zero attached hydrogens (tertiary/aromatic N) is 4. The maximum atomic E-state index is 9.33. The first-order valence-corrected chi connectivity index (χ1v) is 6.18. The number of hydrogen-bond acceptors (Lipinski definition) is 5. The Hall–Kier alpha value is -2.35. The summed E-state index contributed by atoms with van der Waals surface area (Å²) >= 11 is 0. The lowest BCUT2D eigenvalue weighted by molar-refractivity contribution is 0.502. The predicted molar refractivity (Wildman–Crippen MR) is 71.7 cm³/mol. The van der Waals surface area contributed by atoms with Gasteiger partial charge in [0.05, 0.1) is 18.5 Å². The van der Waals surface area contributed by atoms with Crippen LogP contribution in [0.3, 0.4) is 0 Å². The second-order valence-electron chi connectivity index (χ2n) is 4.31. The molecule has 0 aromatic carbocycles. The summed E-state index contributed by atoms with van der Waals surface area (Å²) in [5.74, 6) is 1.45. The van der Waals surface area contributed by atoms with Crippen LogP contribution in [-0.4, -0.2) is 16.7 Å². The highest BCUT2D eigenvalue weighted by Gasteiger charge is 2.17. The van der Waals surface area contributed by atoms with Gasteiger partial charge < -0.3 is 9.32 Å². The number of aryl methyl sites for hydroxylation is 1. The third kappa shape index (κ3) is 2.58. The molecule has 2 aromatic heterocycles. The van der Waals surface area contributed by atoms with Gasteiger partial charge in [0.1, 0.15) is 17.4 Å². The van der Waals surface area contributed by atoms with Gasteiger partial charge in [-0.2, -0.15) is 10.4 Å². The third-order valence-electron chi connectivity index (χ3n) is 3.16. The second-order valence-corrected chi connectivity index (χ2v) is 4.31. The first-order chi connectivity index (χ1) is 9.17. The van der Waals surface area contributed by atoms with E-state index in [-0.39, 0.29) is 0 Å². The Morgan fingerprint density at radius 1 is 1.37 bits per heavy atom. The quantitative estimate of drug-likeness (QED) is 0.841. The number of anilines is 1. The molecule has 2 aromatic rings. The second kappa shape index (κ2) is 5.53. The van der Waals surface area contributed by atoms with E-state index < -0.39 is 0 Å². The van der Waals surface area contributed by atoms with Crippen LogP contribution in [0.25, 0.3) is 0 Å². The van der Waals surface area contributed by atoms with Crippen molar-refractivity contribution < 1.29 is 4.42 Å². The van der Waals surface area contributed by atoms with Crippen molar-refractivity contribution in [3.05, 3.63) is 41.0 Å². The van der Waals surface area contributed by atoms with Crippen LogP contribution in [0.1, 0.15) is 29.5 Å². The van der Waals surface area contributed by atoms with Gasteiger partial charge in [0.15, 0.2) is 5.82 Å². The van der Waals surface area contributed by atoms with E-state index in [9.17, 15) is 5.26 Å². The fourth-order valence-corrected chi connectivity index (χ4v) is 1.88. The van der Waals surface area contributed by atoms with Gasteiger partial charge in [0.25, 0.3) is 0 Å². The van der Waals surface area contributed by atoms with Gasteiger partial charge in [0, 0.05) is 6.54 Å². The average Bonchev–Trinajstić information content (AvgIpc) is 2.92. The van der Waals surface area contributed by atoms with E-state index >= 15 is 0 Å². The monoisotopic (exact) mass is 256 g/mol. The van der Waals surface area contributed by atoms with Crippen molar-refractivity contribution >= 4 is 5.82 Å². The van der Waals surface area contributed by atoms with Gasteiger partial charge in [-0.25, -0.2) is 0 Å². The summed E-state index contributed by atoms with van der Waals surface area (Å²) in [6.45, 7) is 7.07. The summed E-state index contributed by atoms with van der Waals surface area (Å²) in [5.41, 5.74) is 2.25. The highest BCUT2D eigenvalue weighted by molar-refractivity contribution is 5.57. The van der Waals surface area contributed by atoms with Crippen LogP contribution in [-0.2, 0) is 6.54 Å². The maximum absolute atomic E-state index is 9.33. The molecule has 0 bridgehead atoms. The predicted octanol–water partition coefficient (Wildman–Crippen LogP) is 2.58. The summed E-state index contributed by atoms with van der Waals surface area (Å²) in [6.07, 6.45) is 1.64. The minimum absolute atomic E-state index is 0.579. The molecule has 0 aliphatic rings. The lowest BCUT2D eigenvalue weighted by atomic mass is 10.1. The summed E-state index contributed by atoms with van der Waals surface area (Å²) in [7, 11) is 0. The third-order valence-corrected chi connectivity index (χ3v) is 3.16. The fourth-order valence-electron chi connectivity index (χ4n) is 1.88. The van der Waals surface area contributed by atoms with E-state index in [1.807, 2.05) is 37.8 Å². The standard InChI is InChI=1S/C14H16N4O/c1-4-18(9-12-6-5-7-19-12)14-13(8-15)10(2)11(3)16-17-14/h5-7H,4,9H2,1-3H3. The van der Waals surface area contributed by atoms with Gasteiger partial charge in [-0.05, 0) is 38.5 Å². The minimum atomic E-state index is 0.579. The van der Waals surface area contributed by atoms with Crippen molar-refractivity contribution in [1.82, 2.24) is 10.2 Å². The molecule has 0 saturated carbocycles. The van der Waals surface area contributed by atoms with Gasteiger partial charge in [-0.3, -0.25) is 0 Å². The highest BCUT2D eigenvalue weighted by atomic mass is 16.3. The van der Waals surface area contributed by atoms with Crippen molar-refractivity contribution in [2.24, 2.45) is 0 Å². The molecule has 0 aliphatic heterocycles. The van der Waals surface area contributed by atoms with Gasteiger partial charge in [-0.15, -0.1) is 5.10 Å². The lowest BCUT2D eigenvalue weighted by Gasteiger charge is -2.22. The molecular formula is C14H16N4O. The Balaban J connectivity index is 2.39. The van der Waals surface area contributed by atoms with E-state index in [0.29, 0.717) is 17.9 Å². The van der Waals surface area contributed by atoms with E-state index in [0.717, 1.165) is 23.6 Å². The van der Waals surface area contributed by atoms with Crippen LogP contribution in [0.2, 0.25) is 0 Å². The summed E-state index contributed by atoms with van der Waals surface area (Å²) < 4.78 is 5.34. The molecule has 98 valence electrons. The molecule has 0 saturated heterocycles. The molecule has 0 aliphatic carbocycles. The molecular weight excluding hydrogens is 240 g/mol. The summed E-state index contributed by atoms with van der Waals surface area (Å²) in [5, 5.41) is 17.6. The average molecular weight is 256 g/mol. The number of furan rings is 1. The van der Waals surface area contributed by atoms with Gasteiger partial charge in [-0.1, -0.05) is 0 Å². The number of nitriles is 1. The summed E-state index contributed by atoms with van der Waals surface area (Å²) in [4.78, 5) is 1.98. The smallest absolute Gasteiger partial charge is 0.169 e. The van der Waals surface area contributed by atoms with Crippen molar-refractivity contribution in [3.8, 4) is 6.07 Å². The normalized spacial score (nSPS) is 10.2. The molecule has 0 fully saturated rings. The largest absolute Gasteiger partial charge is 0.467 e. The molecule has 0 unspecified atom stereocenters. The molecule has 2 heterocycles. The van der Waals surface area contributed by atoms with E-state index in [1.165, 1.54) is 0 Å². The van der Waals surface area contributed by atoms with Crippen molar-refractivity contribution in [2.45, 2.75) is 27.3 Å². The topological polar surface area (TPSA) is 66.0 Å². The van der Waals surface area contributed by atoms with Crippen LogP contribution >= 0.6 is 0 Å². The van der Waals surface area contributed by atoms with Crippen LogP contribution < -0.4 is 4.90 Å². The Kier molecular flexibility index (Phi) is 3.81. The maximum Gasteiger partial charge on any atom is 0.169 e. The first-order valence-electron chi connectivity index (χ1n) is 6.18. The fraction of sp³-hybridized carbons (Fsp3) is 0.357. The van der Waals surface area contributed by atoms with Crippen molar-refractivity contribution in [2.75, 3.05) is 11.4 Å². The Morgan fingerprint density at radius 2 is 2.16 bits per heavy atom. The molecule has 0 radical (unpaired) electrons. The number of rotatable bonds is 4. The Labute approximate surface area is 112 Å². The lowest BCUT2D eigenvalue weighted by Crippen LogP contribution is -2.25. The first kappa shape index (κ1) is 13.1. The van der Waals surface area contributed by atoms with E-state index in [1.54, 1.807) is 6.26 Å². The van der Waals surface area contributed by atoms with Crippen molar-refractivity contribution in [1.29, 1.82) is 5.26 Å². The molecule has 2 rings (SSSR count). The Bertz CT molecular complexity index is 599. The zero-order valence-electron chi connectivity index (χ0n) is 11.3. The number of aromatic nitrogens is 2. The van der Waals surface area contributed by atoms with Crippen LogP contribution in [0.5, 0.6) is 0 Å². The molecule has 19 heavy (non-hydrogen) atoms. The van der Waals surface area contributed by atoms with Crippen LogP contribution in [0.15, 0.2) is 22.8 Å².